The number of nitrogens with zero attached hydrogens (tertiary/aromatic N) is 5. The van der Waals surface area contributed by atoms with Crippen LogP contribution in [0.5, 0.6) is 0 Å². The molecule has 0 aliphatic rings. The van der Waals surface area contributed by atoms with Gasteiger partial charge in [0.05, 0.1) is 0 Å². The van der Waals surface area contributed by atoms with E-state index in [0.717, 1.165) is 21.4 Å². The standard InChI is InChI=1S/C12H13N5S/c1-12(2,3)10-14-15-11-17(10)16-9(18-11)8-4-6-13-7-5-8/h4-7H,1-3H3. The van der Waals surface area contributed by atoms with Gasteiger partial charge in [-0.1, -0.05) is 32.1 Å². The van der Waals surface area contributed by atoms with Crippen molar-refractivity contribution in [2.75, 3.05) is 0 Å². The smallest absolute Gasteiger partial charge is 0.235 e. The van der Waals surface area contributed by atoms with E-state index in [4.69, 9.17) is 0 Å². The zero-order chi connectivity index (χ0) is 12.8. The number of aromatic nitrogens is 5. The van der Waals surface area contributed by atoms with E-state index in [2.05, 4.69) is 41.1 Å². The van der Waals surface area contributed by atoms with Crippen molar-refractivity contribution in [2.45, 2.75) is 26.2 Å². The highest BCUT2D eigenvalue weighted by molar-refractivity contribution is 7.19. The van der Waals surface area contributed by atoms with Crippen molar-refractivity contribution in [2.24, 2.45) is 0 Å². The van der Waals surface area contributed by atoms with Crippen LogP contribution < -0.4 is 0 Å². The van der Waals surface area contributed by atoms with Gasteiger partial charge in [-0.15, -0.1) is 10.2 Å². The summed E-state index contributed by atoms with van der Waals surface area (Å²) in [5.41, 5.74) is 0.989. The third-order valence-electron chi connectivity index (χ3n) is 2.59. The highest BCUT2D eigenvalue weighted by Crippen LogP contribution is 2.28. The van der Waals surface area contributed by atoms with Crippen LogP contribution in [0.4, 0.5) is 0 Å². The van der Waals surface area contributed by atoms with Gasteiger partial charge < -0.3 is 0 Å². The molecule has 0 aromatic carbocycles. The van der Waals surface area contributed by atoms with Crippen LogP contribution in [0, 0.1) is 0 Å². The Morgan fingerprint density at radius 3 is 2.50 bits per heavy atom. The van der Waals surface area contributed by atoms with E-state index in [0.29, 0.717) is 0 Å². The minimum absolute atomic E-state index is 0.0665. The molecule has 0 radical (unpaired) electrons. The first kappa shape index (κ1) is 11.3. The SMILES string of the molecule is CC(C)(C)c1nnc2sc(-c3ccncc3)nn12. The fourth-order valence-corrected chi connectivity index (χ4v) is 2.54. The van der Waals surface area contributed by atoms with E-state index in [-0.39, 0.29) is 5.41 Å². The van der Waals surface area contributed by atoms with Crippen LogP contribution in [0.15, 0.2) is 24.5 Å². The molecule has 5 nitrogen and oxygen atoms in total. The quantitative estimate of drug-likeness (QED) is 0.674. The third kappa shape index (κ3) is 1.78. The molecule has 0 saturated heterocycles. The second-order valence-electron chi connectivity index (χ2n) is 5.11. The molecule has 6 heteroatoms. The predicted octanol–water partition coefficient (Wildman–Crippen LogP) is 2.55. The number of pyridine rings is 1. The van der Waals surface area contributed by atoms with Gasteiger partial charge in [0.15, 0.2) is 5.82 Å². The van der Waals surface area contributed by atoms with Crippen molar-refractivity contribution in [3.05, 3.63) is 30.4 Å². The van der Waals surface area contributed by atoms with Crippen LogP contribution in [0.2, 0.25) is 0 Å². The normalized spacial score (nSPS) is 12.2. The van der Waals surface area contributed by atoms with Gasteiger partial charge in [0, 0.05) is 23.4 Å². The summed E-state index contributed by atoms with van der Waals surface area (Å²) in [7, 11) is 0. The number of fused-ring (bicyclic) bond motifs is 1. The van der Waals surface area contributed by atoms with Gasteiger partial charge in [-0.25, -0.2) is 0 Å². The topological polar surface area (TPSA) is 56.0 Å². The maximum absolute atomic E-state index is 4.59. The Morgan fingerprint density at radius 2 is 1.83 bits per heavy atom. The van der Waals surface area contributed by atoms with Gasteiger partial charge in [-0.05, 0) is 12.1 Å². The molecule has 3 heterocycles. The summed E-state index contributed by atoms with van der Waals surface area (Å²) in [6.45, 7) is 6.32. The summed E-state index contributed by atoms with van der Waals surface area (Å²) in [5.74, 6) is 0.883. The average molecular weight is 259 g/mol. The predicted molar refractivity (Wildman–Crippen MR) is 70.6 cm³/mol. The first-order valence-corrected chi connectivity index (χ1v) is 6.50. The molecule has 0 unspecified atom stereocenters. The first-order chi connectivity index (χ1) is 8.55. The molecule has 92 valence electrons. The minimum atomic E-state index is -0.0665. The first-order valence-electron chi connectivity index (χ1n) is 5.69. The lowest BCUT2D eigenvalue weighted by Crippen LogP contribution is -2.16. The summed E-state index contributed by atoms with van der Waals surface area (Å²) < 4.78 is 1.83. The molecule has 0 atom stereocenters. The monoisotopic (exact) mass is 259 g/mol. The van der Waals surface area contributed by atoms with Crippen LogP contribution in [0.1, 0.15) is 26.6 Å². The van der Waals surface area contributed by atoms with Gasteiger partial charge in [0.25, 0.3) is 0 Å². The Balaban J connectivity index is 2.16. The van der Waals surface area contributed by atoms with Crippen LogP contribution in [0.3, 0.4) is 0 Å². The van der Waals surface area contributed by atoms with Crippen LogP contribution in [0.25, 0.3) is 15.5 Å². The maximum Gasteiger partial charge on any atom is 0.235 e. The number of rotatable bonds is 1. The maximum atomic E-state index is 4.59. The Morgan fingerprint density at radius 1 is 1.11 bits per heavy atom. The van der Waals surface area contributed by atoms with E-state index >= 15 is 0 Å². The molecule has 3 aromatic heterocycles. The Hall–Kier alpha value is -1.82. The van der Waals surface area contributed by atoms with Gasteiger partial charge in [0.1, 0.15) is 5.01 Å². The van der Waals surface area contributed by atoms with Crippen LogP contribution in [-0.4, -0.2) is 24.8 Å². The van der Waals surface area contributed by atoms with Gasteiger partial charge in [0.2, 0.25) is 4.96 Å². The molecular formula is C12H13N5S. The fraction of sp³-hybridized carbons (Fsp3) is 0.333. The summed E-state index contributed by atoms with van der Waals surface area (Å²) >= 11 is 1.54. The van der Waals surface area contributed by atoms with E-state index in [1.165, 1.54) is 11.3 Å². The summed E-state index contributed by atoms with van der Waals surface area (Å²) in [6.07, 6.45) is 3.53. The minimum Gasteiger partial charge on any atom is -0.265 e. The molecule has 0 aliphatic heterocycles. The van der Waals surface area contributed by atoms with Crippen molar-refractivity contribution in [1.29, 1.82) is 0 Å². The molecule has 18 heavy (non-hydrogen) atoms. The van der Waals surface area contributed by atoms with E-state index in [1.54, 1.807) is 12.4 Å². The number of hydrogen-bond acceptors (Lipinski definition) is 5. The van der Waals surface area contributed by atoms with Crippen LogP contribution >= 0.6 is 11.3 Å². The zero-order valence-corrected chi connectivity index (χ0v) is 11.3. The molecule has 0 saturated carbocycles. The van der Waals surface area contributed by atoms with Crippen molar-refractivity contribution >= 4 is 16.3 Å². The van der Waals surface area contributed by atoms with Crippen molar-refractivity contribution < 1.29 is 0 Å². The van der Waals surface area contributed by atoms with Crippen LogP contribution in [-0.2, 0) is 5.41 Å². The lowest BCUT2D eigenvalue weighted by Gasteiger charge is -2.13. The molecule has 0 spiro atoms. The van der Waals surface area contributed by atoms with Crippen molar-refractivity contribution in [1.82, 2.24) is 24.8 Å². The molecule has 3 rings (SSSR count). The Kier molecular flexibility index (Phi) is 2.41. The highest BCUT2D eigenvalue weighted by Gasteiger charge is 2.23. The lowest BCUT2D eigenvalue weighted by molar-refractivity contribution is 0.528. The molecule has 0 N–H and O–H groups in total. The fourth-order valence-electron chi connectivity index (χ4n) is 1.70. The third-order valence-corrected chi connectivity index (χ3v) is 3.54. The Labute approximate surface area is 109 Å². The molecule has 0 amide bonds. The van der Waals surface area contributed by atoms with Gasteiger partial charge in [-0.2, -0.15) is 9.61 Å². The second-order valence-corrected chi connectivity index (χ2v) is 6.07. The van der Waals surface area contributed by atoms with E-state index < -0.39 is 0 Å². The van der Waals surface area contributed by atoms with Crippen molar-refractivity contribution in [3.63, 3.8) is 0 Å². The summed E-state index contributed by atoms with van der Waals surface area (Å²) in [4.78, 5) is 4.84. The Bertz CT molecular complexity index is 677. The molecule has 0 bridgehead atoms. The largest absolute Gasteiger partial charge is 0.265 e. The van der Waals surface area contributed by atoms with Gasteiger partial charge >= 0.3 is 0 Å². The zero-order valence-electron chi connectivity index (χ0n) is 10.5. The molecule has 3 aromatic rings. The van der Waals surface area contributed by atoms with E-state index in [1.807, 2.05) is 16.6 Å². The van der Waals surface area contributed by atoms with Gasteiger partial charge in [-0.3, -0.25) is 4.98 Å². The lowest BCUT2D eigenvalue weighted by atomic mass is 9.96. The highest BCUT2D eigenvalue weighted by atomic mass is 32.1. The van der Waals surface area contributed by atoms with Crippen molar-refractivity contribution in [3.8, 4) is 10.6 Å². The molecule has 0 fully saturated rings. The molecular weight excluding hydrogens is 246 g/mol. The van der Waals surface area contributed by atoms with E-state index in [9.17, 15) is 0 Å². The second kappa shape index (κ2) is 3.84. The molecule has 0 aliphatic carbocycles. The summed E-state index contributed by atoms with van der Waals surface area (Å²) in [5, 5.41) is 13.9. The number of hydrogen-bond donors (Lipinski definition) is 0. The average Bonchev–Trinajstić information content (AvgIpc) is 2.87. The summed E-state index contributed by atoms with van der Waals surface area (Å²) in [6, 6.07) is 3.89.